The molecule has 0 amide bonds. The topological polar surface area (TPSA) is 98.8 Å². The molecule has 0 saturated carbocycles. The molecule has 1 aliphatic carbocycles. The van der Waals surface area contributed by atoms with Gasteiger partial charge >= 0.3 is 7.60 Å². The van der Waals surface area contributed by atoms with Gasteiger partial charge in [-0.3, -0.25) is 9.36 Å². The first-order chi connectivity index (χ1) is 12.9. The smallest absolute Gasteiger partial charge is 0.304 e. The van der Waals surface area contributed by atoms with Crippen LogP contribution in [0.4, 0.5) is 0 Å². The monoisotopic (exact) mass is 449 g/mol. The van der Waals surface area contributed by atoms with Gasteiger partial charge in [0, 0.05) is 11.1 Å². The zero-order chi connectivity index (χ0) is 21.3. The number of sulfonamides is 1. The molecular weight excluding hydrogens is 425 g/mol. The van der Waals surface area contributed by atoms with Crippen molar-refractivity contribution in [1.29, 1.82) is 0 Å². The van der Waals surface area contributed by atoms with Gasteiger partial charge in [0.2, 0.25) is 15.8 Å². The zero-order valence-corrected chi connectivity index (χ0v) is 18.9. The van der Waals surface area contributed by atoms with E-state index in [1.807, 2.05) is 0 Å². The second kappa shape index (κ2) is 8.38. The van der Waals surface area contributed by atoms with Crippen molar-refractivity contribution >= 4 is 35.0 Å². The molecule has 0 saturated heterocycles. The first-order valence-electron chi connectivity index (χ1n) is 8.88. The minimum atomic E-state index is -4.25. The van der Waals surface area contributed by atoms with Crippen LogP contribution in [0, 0.1) is 0 Å². The summed E-state index contributed by atoms with van der Waals surface area (Å²) in [4.78, 5) is 12.6. The molecule has 1 N–H and O–H groups in total. The molecule has 7 nitrogen and oxygen atoms in total. The van der Waals surface area contributed by atoms with Gasteiger partial charge in [0.05, 0.1) is 23.0 Å². The largest absolute Gasteiger partial charge is 0.360 e. The summed E-state index contributed by atoms with van der Waals surface area (Å²) in [6, 6.07) is 6.24. The van der Waals surface area contributed by atoms with Crippen molar-refractivity contribution < 1.29 is 26.8 Å². The summed E-state index contributed by atoms with van der Waals surface area (Å²) in [6.45, 7) is 8.07. The number of allylic oxidation sites excluding steroid dienone is 1. The summed E-state index contributed by atoms with van der Waals surface area (Å²) in [7, 11) is -8.16. The molecule has 1 unspecified atom stereocenters. The van der Waals surface area contributed by atoms with Crippen molar-refractivity contribution in [3.8, 4) is 0 Å². The molecule has 1 aromatic carbocycles. The lowest BCUT2D eigenvalue weighted by molar-refractivity contribution is 0.103. The van der Waals surface area contributed by atoms with Crippen LogP contribution < -0.4 is 4.72 Å². The molecule has 0 heterocycles. The third-order valence-corrected chi connectivity index (χ3v) is 8.53. The third-order valence-electron chi connectivity index (χ3n) is 3.96. The lowest BCUT2D eigenvalue weighted by atomic mass is 9.92. The molecule has 1 atom stereocenters. The number of carbonyl (C=O) groups is 1. The van der Waals surface area contributed by atoms with Crippen LogP contribution in [0.5, 0.6) is 0 Å². The molecule has 0 aliphatic heterocycles. The first-order valence-corrected chi connectivity index (χ1v) is 12.5. The van der Waals surface area contributed by atoms with Crippen LogP contribution in [-0.4, -0.2) is 32.2 Å². The Morgan fingerprint density at radius 1 is 1.14 bits per heavy atom. The number of ketones is 1. The first kappa shape index (κ1) is 23.3. The van der Waals surface area contributed by atoms with Crippen molar-refractivity contribution in [2.24, 2.45) is 0 Å². The molecular formula is C18H25ClNO6PS. The number of fused-ring (bicyclic) bond motifs is 1. The molecule has 10 heteroatoms. The van der Waals surface area contributed by atoms with Gasteiger partial charge in [-0.2, -0.15) is 4.72 Å². The van der Waals surface area contributed by atoms with Crippen LogP contribution >= 0.6 is 19.2 Å². The summed E-state index contributed by atoms with van der Waals surface area (Å²) in [6.07, 6.45) is 0.0342. The van der Waals surface area contributed by atoms with Gasteiger partial charge < -0.3 is 9.05 Å². The number of hydrogen-bond acceptors (Lipinski definition) is 6. The predicted octanol–water partition coefficient (Wildman–Crippen LogP) is 4.14. The Balaban J connectivity index is 2.92. The average molecular weight is 450 g/mol. The van der Waals surface area contributed by atoms with Crippen LogP contribution in [0.25, 0.3) is 0 Å². The average Bonchev–Trinajstić information content (AvgIpc) is 2.57. The Bertz CT molecular complexity index is 929. The van der Waals surface area contributed by atoms with Gasteiger partial charge in [-0.1, -0.05) is 35.9 Å². The summed E-state index contributed by atoms with van der Waals surface area (Å²) >= 11 is 6.17. The van der Waals surface area contributed by atoms with Crippen LogP contribution in [-0.2, 0) is 28.9 Å². The minimum absolute atomic E-state index is 0.133. The van der Waals surface area contributed by atoms with E-state index in [1.165, 1.54) is 19.1 Å². The second-order valence-electron chi connectivity index (χ2n) is 6.94. The fourth-order valence-electron chi connectivity index (χ4n) is 2.89. The molecule has 156 valence electrons. The lowest BCUT2D eigenvalue weighted by Gasteiger charge is -2.41. The van der Waals surface area contributed by atoms with E-state index in [-0.39, 0.29) is 21.9 Å². The van der Waals surface area contributed by atoms with E-state index in [4.69, 9.17) is 20.6 Å². The van der Waals surface area contributed by atoms with E-state index in [2.05, 4.69) is 4.72 Å². The quantitative estimate of drug-likeness (QED) is 0.599. The third kappa shape index (κ3) is 4.42. The van der Waals surface area contributed by atoms with Crippen LogP contribution in [0.1, 0.15) is 50.5 Å². The van der Waals surface area contributed by atoms with Crippen LogP contribution in [0.2, 0.25) is 0 Å². The van der Waals surface area contributed by atoms with Gasteiger partial charge in [-0.25, -0.2) is 8.42 Å². The highest BCUT2D eigenvalue weighted by Crippen LogP contribution is 2.67. The number of rotatable bonds is 8. The SMILES string of the molecule is CCS(=O)(=O)NC1(P(=O)(OC(C)C)OC(C)C)C=C(Cl)C(=O)c2ccccc21. The van der Waals surface area contributed by atoms with E-state index in [0.717, 1.165) is 6.08 Å². The van der Waals surface area contributed by atoms with E-state index in [1.54, 1.807) is 39.8 Å². The molecule has 2 rings (SSSR count). The number of nitrogens with one attached hydrogen (secondary N) is 1. The maximum Gasteiger partial charge on any atom is 0.360 e. The summed E-state index contributed by atoms with van der Waals surface area (Å²) in [5.74, 6) is -0.774. The Hall–Kier alpha value is -1.02. The Morgan fingerprint density at radius 3 is 2.18 bits per heavy atom. The zero-order valence-electron chi connectivity index (χ0n) is 16.4. The highest BCUT2D eigenvalue weighted by molar-refractivity contribution is 7.89. The molecule has 1 aromatic rings. The minimum Gasteiger partial charge on any atom is -0.304 e. The molecule has 0 bridgehead atoms. The number of hydrogen-bond donors (Lipinski definition) is 1. The molecule has 28 heavy (non-hydrogen) atoms. The standard InChI is InChI=1S/C18H25ClNO6PS/c1-6-28(23,24)20-18(27(22,25-12(2)3)26-13(4)5)11-16(19)17(21)14-9-7-8-10-15(14)18/h7-13,20H,6H2,1-5H3. The van der Waals surface area contributed by atoms with Crippen molar-refractivity contribution in [3.05, 3.63) is 46.5 Å². The molecule has 0 radical (unpaired) electrons. The highest BCUT2D eigenvalue weighted by atomic mass is 35.5. The maximum absolute atomic E-state index is 14.1. The second-order valence-corrected chi connectivity index (χ2v) is 11.5. The fraction of sp³-hybridized carbons (Fsp3) is 0.500. The Kier molecular flexibility index (Phi) is 6.96. The van der Waals surface area contributed by atoms with Crippen molar-refractivity contribution in [2.75, 3.05) is 5.75 Å². The van der Waals surface area contributed by atoms with Crippen molar-refractivity contribution in [3.63, 3.8) is 0 Å². The van der Waals surface area contributed by atoms with Gasteiger partial charge in [-0.15, -0.1) is 0 Å². The Morgan fingerprint density at radius 2 is 1.68 bits per heavy atom. The summed E-state index contributed by atoms with van der Waals surface area (Å²) < 4.78 is 53.2. The van der Waals surface area contributed by atoms with Crippen molar-refractivity contribution in [1.82, 2.24) is 4.72 Å². The summed E-state index contributed by atoms with van der Waals surface area (Å²) in [5.41, 5.74) is 0.305. The van der Waals surface area contributed by atoms with Gasteiger partial charge in [0.1, 0.15) is 0 Å². The van der Waals surface area contributed by atoms with Gasteiger partial charge in [0.15, 0.2) is 5.28 Å². The molecule has 0 spiro atoms. The van der Waals surface area contributed by atoms with E-state index < -0.39 is 40.9 Å². The van der Waals surface area contributed by atoms with Crippen LogP contribution in [0.15, 0.2) is 35.4 Å². The Labute approximate surface area is 171 Å². The molecule has 0 fully saturated rings. The van der Waals surface area contributed by atoms with Crippen molar-refractivity contribution in [2.45, 2.75) is 52.1 Å². The van der Waals surface area contributed by atoms with Crippen LogP contribution in [0.3, 0.4) is 0 Å². The maximum atomic E-state index is 14.1. The molecule has 0 aromatic heterocycles. The number of carbonyl (C=O) groups excluding carboxylic acids is 1. The number of Topliss-reactive ketones (excluding diaryl/α,β-unsaturated/α-hetero) is 1. The predicted molar refractivity (Wildman–Crippen MR) is 109 cm³/mol. The van der Waals surface area contributed by atoms with Gasteiger partial charge in [-0.05, 0) is 40.7 Å². The molecule has 1 aliphatic rings. The number of benzene rings is 1. The van der Waals surface area contributed by atoms with E-state index in [0.29, 0.717) is 0 Å². The summed E-state index contributed by atoms with van der Waals surface area (Å²) in [5, 5.41) is -2.24. The fourth-order valence-corrected chi connectivity index (χ4v) is 7.15. The lowest BCUT2D eigenvalue weighted by Crippen LogP contribution is -2.48. The van der Waals surface area contributed by atoms with E-state index >= 15 is 0 Å². The normalized spacial score (nSPS) is 20.4. The number of halogens is 1. The van der Waals surface area contributed by atoms with Gasteiger partial charge in [0.25, 0.3) is 0 Å². The highest BCUT2D eigenvalue weighted by Gasteiger charge is 2.57. The van der Waals surface area contributed by atoms with E-state index in [9.17, 15) is 17.8 Å².